The van der Waals surface area contributed by atoms with E-state index in [1.54, 1.807) is 18.6 Å². The number of nitrogens with zero attached hydrogens (tertiary/aromatic N) is 3. The Labute approximate surface area is 226 Å². The number of ether oxygens (including phenoxy) is 1. The molecule has 0 amide bonds. The summed E-state index contributed by atoms with van der Waals surface area (Å²) < 4.78 is 20.7. The minimum absolute atomic E-state index is 0.192. The van der Waals surface area contributed by atoms with Crippen LogP contribution in [0.25, 0.3) is 11.0 Å². The Kier molecular flexibility index (Phi) is 8.23. The van der Waals surface area contributed by atoms with E-state index >= 15 is 4.39 Å². The van der Waals surface area contributed by atoms with Gasteiger partial charge in [0.1, 0.15) is 11.8 Å². The van der Waals surface area contributed by atoms with Crippen LogP contribution in [0, 0.1) is 6.92 Å². The first kappa shape index (κ1) is 28.2. The quantitative estimate of drug-likeness (QED) is 0.227. The number of aliphatic hydroxyl groups excluding tert-OH is 1. The van der Waals surface area contributed by atoms with Gasteiger partial charge in [-0.25, -0.2) is 15.0 Å². The number of fused-ring (bicyclic) bond motifs is 1. The fourth-order valence-corrected chi connectivity index (χ4v) is 14.1. The second kappa shape index (κ2) is 11.1. The van der Waals surface area contributed by atoms with Crippen molar-refractivity contribution in [3.63, 3.8) is 0 Å². The summed E-state index contributed by atoms with van der Waals surface area (Å²) >= 11 is 0. The maximum absolute atomic E-state index is 15.2. The monoisotopic (exact) mass is 536 g/mol. The van der Waals surface area contributed by atoms with Gasteiger partial charge in [0, 0.05) is 53.3 Å². The average Bonchev–Trinajstić information content (AvgIpc) is 3.30. The molecule has 0 radical (unpaired) electrons. The number of pyridine rings is 2. The van der Waals surface area contributed by atoms with E-state index < -0.39 is 20.1 Å². The second-order valence-corrected chi connectivity index (χ2v) is 17.2. The van der Waals surface area contributed by atoms with Gasteiger partial charge in [-0.1, -0.05) is 47.6 Å². The molecule has 2 atom stereocenters. The molecule has 1 aliphatic heterocycles. The molecule has 0 spiro atoms. The number of aromatic amines is 1. The Bertz CT molecular complexity index is 1320. The van der Waals surface area contributed by atoms with Crippen molar-refractivity contribution in [1.29, 1.82) is 0 Å². The van der Waals surface area contributed by atoms with Crippen LogP contribution in [0.5, 0.6) is 5.88 Å². The van der Waals surface area contributed by atoms with Crippen molar-refractivity contribution in [2.45, 2.75) is 90.5 Å². The number of H-pyrrole nitrogens is 1. The van der Waals surface area contributed by atoms with E-state index in [1.165, 1.54) is 5.19 Å². The minimum atomic E-state index is -2.13. The number of aromatic nitrogens is 3. The Morgan fingerprint density at radius 2 is 1.76 bits per heavy atom. The molecular weight excluding hydrogens is 495 g/mol. The van der Waals surface area contributed by atoms with Crippen molar-refractivity contribution in [2.75, 3.05) is 6.61 Å². The lowest BCUT2D eigenvalue weighted by atomic mass is 9.88. The van der Waals surface area contributed by atoms with E-state index in [2.05, 4.69) is 68.4 Å². The number of rotatable bonds is 9. The van der Waals surface area contributed by atoms with Gasteiger partial charge in [0.15, 0.2) is 0 Å². The van der Waals surface area contributed by atoms with Gasteiger partial charge in [0.05, 0.1) is 14.7 Å². The van der Waals surface area contributed by atoms with Crippen molar-refractivity contribution in [3.8, 4) is 5.88 Å². The number of hydrogen-bond acceptors (Lipinski definition) is 5. The highest BCUT2D eigenvalue weighted by atomic mass is 28.3. The van der Waals surface area contributed by atoms with Crippen molar-refractivity contribution in [1.82, 2.24) is 15.0 Å². The maximum atomic E-state index is 15.2. The summed E-state index contributed by atoms with van der Waals surface area (Å²) in [5, 5.41) is 14.0. The molecule has 4 heterocycles. The summed E-state index contributed by atoms with van der Waals surface area (Å²) in [6.45, 7) is 18.5. The van der Waals surface area contributed by atoms with Gasteiger partial charge in [0.25, 0.3) is 0 Å². The van der Waals surface area contributed by atoms with E-state index in [0.29, 0.717) is 41.1 Å². The van der Waals surface area contributed by atoms with Crippen LogP contribution in [0.1, 0.15) is 83.6 Å². The molecule has 0 aliphatic carbocycles. The highest BCUT2D eigenvalue weighted by Crippen LogP contribution is 2.45. The van der Waals surface area contributed by atoms with Crippen LogP contribution >= 0.6 is 0 Å². The third kappa shape index (κ3) is 4.73. The SMILES string of the molecule is CCOc1ccc(C2C=NC(F)=C(C(O)c3c[nH]c4ncc(C)c([Si](C(C)C)(C(C)C)C(C)C)c34)C2)cn1. The largest absolute Gasteiger partial charge is 0.478 e. The van der Waals surface area contributed by atoms with Gasteiger partial charge in [0.2, 0.25) is 11.8 Å². The molecule has 204 valence electrons. The number of nitrogens with one attached hydrogen (secondary N) is 1. The Morgan fingerprint density at radius 1 is 1.08 bits per heavy atom. The normalized spacial score (nSPS) is 17.3. The molecule has 2 N–H and O–H groups in total. The lowest BCUT2D eigenvalue weighted by Crippen LogP contribution is -2.57. The third-order valence-electron chi connectivity index (χ3n) is 8.40. The van der Waals surface area contributed by atoms with Gasteiger partial charge >= 0.3 is 0 Å². The summed E-state index contributed by atoms with van der Waals surface area (Å²) in [6.07, 6.45) is 6.26. The fourth-order valence-electron chi connectivity index (χ4n) is 6.93. The van der Waals surface area contributed by atoms with E-state index in [1.807, 2.05) is 25.3 Å². The number of hydrogen-bond donors (Lipinski definition) is 2. The van der Waals surface area contributed by atoms with Crippen molar-refractivity contribution in [2.24, 2.45) is 4.99 Å². The number of aliphatic hydroxyl groups is 1. The molecular formula is C30H41FN4O2Si. The van der Waals surface area contributed by atoms with Gasteiger partial charge < -0.3 is 14.8 Å². The molecule has 3 aromatic heterocycles. The number of aryl methyl sites for hydroxylation is 1. The predicted octanol–water partition coefficient (Wildman–Crippen LogP) is 7.02. The summed E-state index contributed by atoms with van der Waals surface area (Å²) in [4.78, 5) is 16.4. The topological polar surface area (TPSA) is 83.4 Å². The molecule has 2 unspecified atom stereocenters. The van der Waals surface area contributed by atoms with Crippen LogP contribution in [-0.4, -0.2) is 41.0 Å². The summed E-state index contributed by atoms with van der Waals surface area (Å²) in [5.74, 6) is -0.264. The van der Waals surface area contributed by atoms with E-state index in [9.17, 15) is 5.11 Å². The van der Waals surface area contributed by atoms with Gasteiger partial charge in [-0.2, -0.15) is 4.39 Å². The molecule has 0 fully saturated rings. The van der Waals surface area contributed by atoms with Crippen LogP contribution in [0.4, 0.5) is 4.39 Å². The molecule has 38 heavy (non-hydrogen) atoms. The Morgan fingerprint density at radius 3 is 2.34 bits per heavy atom. The van der Waals surface area contributed by atoms with Crippen LogP contribution in [0.3, 0.4) is 0 Å². The van der Waals surface area contributed by atoms with Crippen molar-refractivity contribution >= 4 is 30.5 Å². The van der Waals surface area contributed by atoms with Crippen LogP contribution in [0.15, 0.2) is 47.2 Å². The molecule has 8 heteroatoms. The number of halogens is 1. The predicted molar refractivity (Wildman–Crippen MR) is 156 cm³/mol. The summed E-state index contributed by atoms with van der Waals surface area (Å²) in [5.41, 5.74) is 5.16. The molecule has 0 saturated carbocycles. The Balaban J connectivity index is 1.81. The van der Waals surface area contributed by atoms with Crippen molar-refractivity contribution < 1.29 is 14.2 Å². The molecule has 0 saturated heterocycles. The van der Waals surface area contributed by atoms with Gasteiger partial charge in [-0.05, 0) is 53.2 Å². The zero-order valence-corrected chi connectivity index (χ0v) is 24.8. The zero-order valence-electron chi connectivity index (χ0n) is 23.8. The first-order valence-corrected chi connectivity index (χ1v) is 15.9. The van der Waals surface area contributed by atoms with E-state index in [4.69, 9.17) is 4.74 Å². The molecule has 0 bridgehead atoms. The lowest BCUT2D eigenvalue weighted by Gasteiger charge is -2.45. The minimum Gasteiger partial charge on any atom is -0.478 e. The molecule has 6 nitrogen and oxygen atoms in total. The lowest BCUT2D eigenvalue weighted by molar-refractivity contribution is 0.207. The molecule has 3 aromatic rings. The first-order valence-electron chi connectivity index (χ1n) is 13.7. The first-order chi connectivity index (χ1) is 18.0. The second-order valence-electron chi connectivity index (χ2n) is 11.4. The molecule has 0 aromatic carbocycles. The molecule has 1 aliphatic rings. The van der Waals surface area contributed by atoms with Crippen LogP contribution < -0.4 is 9.92 Å². The summed E-state index contributed by atoms with van der Waals surface area (Å²) in [6, 6.07) is 3.73. The van der Waals surface area contributed by atoms with Gasteiger partial charge in [-0.3, -0.25) is 0 Å². The molecule has 4 rings (SSSR count). The highest BCUT2D eigenvalue weighted by molar-refractivity contribution is 6.96. The standard InChI is InChI=1S/C30H41FN4O2Si/c1-9-37-25-11-10-21(14-32-25)22-12-23(29(31)33-15-22)27(36)24-16-35-30-26(24)28(20(8)13-34-30)38(17(2)3,18(4)5)19(6)7/h10-11,13-19,22,27,36H,9,12H2,1-8H3,(H,34,35). The third-order valence-corrected chi connectivity index (χ3v) is 15.6. The zero-order chi connectivity index (χ0) is 27.8. The van der Waals surface area contributed by atoms with Crippen molar-refractivity contribution in [3.05, 3.63) is 58.9 Å². The summed E-state index contributed by atoms with van der Waals surface area (Å²) in [7, 11) is -2.13. The van der Waals surface area contributed by atoms with Crippen LogP contribution in [0.2, 0.25) is 16.6 Å². The maximum Gasteiger partial charge on any atom is 0.214 e. The van der Waals surface area contributed by atoms with Crippen LogP contribution in [-0.2, 0) is 0 Å². The fraction of sp³-hybridized carbons (Fsp3) is 0.500. The van der Waals surface area contributed by atoms with Gasteiger partial charge in [-0.15, -0.1) is 0 Å². The Hall–Kier alpha value is -2.84. The average molecular weight is 537 g/mol. The van der Waals surface area contributed by atoms with E-state index in [0.717, 1.165) is 22.2 Å². The van der Waals surface area contributed by atoms with E-state index in [-0.39, 0.29) is 11.5 Å². The number of aliphatic imine (C=N–C) groups is 1. The smallest absolute Gasteiger partial charge is 0.214 e. The highest BCUT2D eigenvalue weighted by Gasteiger charge is 2.47.